The van der Waals surface area contributed by atoms with Gasteiger partial charge < -0.3 is 19.6 Å². The Kier molecular flexibility index (Phi) is 7.67. The van der Waals surface area contributed by atoms with Gasteiger partial charge in [-0.2, -0.15) is 0 Å². The second-order valence-electron chi connectivity index (χ2n) is 9.98. The van der Waals surface area contributed by atoms with Gasteiger partial charge in [-0.25, -0.2) is 4.98 Å². The van der Waals surface area contributed by atoms with E-state index in [4.69, 9.17) is 9.15 Å². The molecule has 2 N–H and O–H groups in total. The smallest absolute Gasteiger partial charge is 0.238 e. The first-order valence-corrected chi connectivity index (χ1v) is 13.5. The number of aromatic nitrogens is 2. The molecule has 0 saturated carbocycles. The molecule has 0 spiro atoms. The van der Waals surface area contributed by atoms with Gasteiger partial charge in [-0.1, -0.05) is 24.3 Å². The summed E-state index contributed by atoms with van der Waals surface area (Å²) in [6, 6.07) is 24.8. The van der Waals surface area contributed by atoms with E-state index in [0.717, 1.165) is 48.3 Å². The molecule has 5 aromatic rings. The number of anilines is 1. The molecule has 0 unspecified atom stereocenters. The van der Waals surface area contributed by atoms with Crippen molar-refractivity contribution in [2.45, 2.75) is 6.10 Å². The Bertz CT molecular complexity index is 1590. The number of nitrogens with one attached hydrogen (secondary N) is 1. The third-order valence-corrected chi connectivity index (χ3v) is 7.04. The first-order valence-electron chi connectivity index (χ1n) is 13.5. The third-order valence-electron chi connectivity index (χ3n) is 7.04. The second-order valence-corrected chi connectivity index (χ2v) is 9.98. The van der Waals surface area contributed by atoms with Gasteiger partial charge in [0.05, 0.1) is 17.7 Å². The van der Waals surface area contributed by atoms with Crippen LogP contribution in [0.4, 0.5) is 5.69 Å². The number of pyridine rings is 1. The fourth-order valence-corrected chi connectivity index (χ4v) is 4.98. The van der Waals surface area contributed by atoms with Crippen LogP contribution in [0.25, 0.3) is 33.5 Å². The highest BCUT2D eigenvalue weighted by molar-refractivity contribution is 6.01. The molecule has 2 aromatic heterocycles. The van der Waals surface area contributed by atoms with Crippen molar-refractivity contribution >= 4 is 33.6 Å². The SMILES string of the molecule is O=C(CN1CCN(C[C@@H](O)COc2ccc3oc(-c4ccccc4)nc3c2)CC1)Nc1cccc2ncccc12. The van der Waals surface area contributed by atoms with Gasteiger partial charge in [-0.15, -0.1) is 0 Å². The van der Waals surface area contributed by atoms with E-state index in [1.54, 1.807) is 6.20 Å². The molecule has 1 atom stereocenters. The Balaban J connectivity index is 0.948. The van der Waals surface area contributed by atoms with Crippen LogP contribution in [0.5, 0.6) is 5.75 Å². The molecule has 9 heteroatoms. The first-order chi connectivity index (χ1) is 19.6. The van der Waals surface area contributed by atoms with Crippen molar-refractivity contribution in [1.29, 1.82) is 0 Å². The normalized spacial score (nSPS) is 15.3. The van der Waals surface area contributed by atoms with E-state index in [0.29, 0.717) is 35.8 Å². The summed E-state index contributed by atoms with van der Waals surface area (Å²) in [4.78, 5) is 26.0. The van der Waals surface area contributed by atoms with Crippen LogP contribution in [0.3, 0.4) is 0 Å². The second kappa shape index (κ2) is 11.8. The molecule has 1 amide bonds. The number of nitrogens with zero attached hydrogens (tertiary/aromatic N) is 4. The van der Waals surface area contributed by atoms with E-state index in [-0.39, 0.29) is 12.5 Å². The molecule has 1 saturated heterocycles. The van der Waals surface area contributed by atoms with Crippen molar-refractivity contribution in [3.8, 4) is 17.2 Å². The van der Waals surface area contributed by atoms with Gasteiger partial charge in [0.1, 0.15) is 24.0 Å². The zero-order chi connectivity index (χ0) is 27.3. The lowest BCUT2D eigenvalue weighted by molar-refractivity contribution is -0.117. The fourth-order valence-electron chi connectivity index (χ4n) is 4.98. The average Bonchev–Trinajstić information content (AvgIpc) is 3.41. The largest absolute Gasteiger partial charge is 0.491 e. The number of aliphatic hydroxyl groups excluding tert-OH is 1. The van der Waals surface area contributed by atoms with Gasteiger partial charge >= 0.3 is 0 Å². The number of carbonyl (C=O) groups is 1. The van der Waals surface area contributed by atoms with Crippen LogP contribution < -0.4 is 10.1 Å². The predicted octanol–water partition coefficient (Wildman–Crippen LogP) is 4.04. The number of amides is 1. The Labute approximate surface area is 232 Å². The van der Waals surface area contributed by atoms with Crippen LogP contribution in [-0.2, 0) is 4.79 Å². The minimum Gasteiger partial charge on any atom is -0.491 e. The van der Waals surface area contributed by atoms with E-state index in [1.165, 1.54) is 0 Å². The lowest BCUT2D eigenvalue weighted by Gasteiger charge is -2.35. The lowest BCUT2D eigenvalue weighted by Crippen LogP contribution is -2.50. The maximum absolute atomic E-state index is 12.7. The van der Waals surface area contributed by atoms with Crippen LogP contribution in [0, 0.1) is 0 Å². The number of oxazole rings is 1. The number of rotatable bonds is 9. The quantitative estimate of drug-likeness (QED) is 0.290. The number of ether oxygens (including phenoxy) is 1. The summed E-state index contributed by atoms with van der Waals surface area (Å²) >= 11 is 0. The molecular formula is C31H31N5O4. The van der Waals surface area contributed by atoms with Crippen molar-refractivity contribution in [2.24, 2.45) is 0 Å². The topological polar surface area (TPSA) is 104 Å². The zero-order valence-corrected chi connectivity index (χ0v) is 22.1. The molecule has 204 valence electrons. The van der Waals surface area contributed by atoms with Crippen molar-refractivity contribution < 1.29 is 19.1 Å². The zero-order valence-electron chi connectivity index (χ0n) is 22.1. The number of hydrogen-bond donors (Lipinski definition) is 2. The van der Waals surface area contributed by atoms with Crippen LogP contribution in [0.1, 0.15) is 0 Å². The fraction of sp³-hybridized carbons (Fsp3) is 0.258. The molecule has 1 aliphatic heterocycles. The minimum absolute atomic E-state index is 0.0433. The van der Waals surface area contributed by atoms with Gasteiger partial charge in [0.15, 0.2) is 5.58 Å². The summed E-state index contributed by atoms with van der Waals surface area (Å²) in [5.74, 6) is 1.16. The number of carbonyl (C=O) groups excluding carboxylic acids is 1. The molecule has 1 fully saturated rings. The number of hydrogen-bond acceptors (Lipinski definition) is 8. The molecule has 9 nitrogen and oxygen atoms in total. The Morgan fingerprint density at radius 2 is 1.77 bits per heavy atom. The number of β-amino-alcohol motifs (C(OH)–C–C–N with tert-alkyl or cyclic N) is 1. The van der Waals surface area contributed by atoms with E-state index >= 15 is 0 Å². The molecule has 0 radical (unpaired) electrons. The number of benzene rings is 3. The average molecular weight is 538 g/mol. The molecule has 3 aromatic carbocycles. The maximum Gasteiger partial charge on any atom is 0.238 e. The Morgan fingerprint density at radius 3 is 2.62 bits per heavy atom. The van der Waals surface area contributed by atoms with Crippen molar-refractivity contribution in [2.75, 3.05) is 51.2 Å². The molecule has 6 rings (SSSR count). The third kappa shape index (κ3) is 6.12. The Morgan fingerprint density at radius 1 is 0.950 bits per heavy atom. The summed E-state index contributed by atoms with van der Waals surface area (Å²) in [6.45, 7) is 4.07. The highest BCUT2D eigenvalue weighted by Crippen LogP contribution is 2.27. The summed E-state index contributed by atoms with van der Waals surface area (Å²) in [7, 11) is 0. The summed E-state index contributed by atoms with van der Waals surface area (Å²) in [6.07, 6.45) is 1.11. The summed E-state index contributed by atoms with van der Waals surface area (Å²) in [5.41, 5.74) is 3.94. The van der Waals surface area contributed by atoms with Gasteiger partial charge in [0, 0.05) is 55.9 Å². The number of aliphatic hydroxyl groups is 1. The lowest BCUT2D eigenvalue weighted by atomic mass is 10.2. The predicted molar refractivity (Wildman–Crippen MR) is 154 cm³/mol. The van der Waals surface area contributed by atoms with Crippen LogP contribution in [0.15, 0.2) is 89.5 Å². The van der Waals surface area contributed by atoms with Crippen LogP contribution >= 0.6 is 0 Å². The molecule has 40 heavy (non-hydrogen) atoms. The molecule has 3 heterocycles. The van der Waals surface area contributed by atoms with E-state index in [2.05, 4.69) is 25.1 Å². The minimum atomic E-state index is -0.636. The van der Waals surface area contributed by atoms with Gasteiger partial charge in [-0.3, -0.25) is 19.6 Å². The first kappa shape index (κ1) is 25.9. The number of piperazine rings is 1. The van der Waals surface area contributed by atoms with Crippen molar-refractivity contribution in [3.63, 3.8) is 0 Å². The van der Waals surface area contributed by atoms with E-state index < -0.39 is 6.10 Å². The standard InChI is InChI=1S/C31H31N5O4/c37-23(21-39-24-11-12-29-28(18-24)34-31(40-29)22-6-2-1-3-7-22)19-35-14-16-36(17-15-35)20-30(38)33-27-10-4-9-26-25(27)8-5-13-32-26/h1-13,18,23,37H,14-17,19-21H2,(H,33,38)/t23-/m1/s1. The van der Waals surface area contributed by atoms with E-state index in [9.17, 15) is 9.90 Å². The van der Waals surface area contributed by atoms with Gasteiger partial charge in [0.2, 0.25) is 11.8 Å². The van der Waals surface area contributed by atoms with Crippen LogP contribution in [0.2, 0.25) is 0 Å². The van der Waals surface area contributed by atoms with Crippen molar-refractivity contribution in [1.82, 2.24) is 19.8 Å². The molecular weight excluding hydrogens is 506 g/mol. The van der Waals surface area contributed by atoms with Crippen molar-refractivity contribution in [3.05, 3.63) is 85.1 Å². The highest BCUT2D eigenvalue weighted by Gasteiger charge is 2.21. The van der Waals surface area contributed by atoms with E-state index in [1.807, 2.05) is 78.9 Å². The molecule has 1 aliphatic rings. The molecule has 0 bridgehead atoms. The summed E-state index contributed by atoms with van der Waals surface area (Å²) < 4.78 is 11.7. The maximum atomic E-state index is 12.7. The Hall–Kier alpha value is -4.31. The van der Waals surface area contributed by atoms with Gasteiger partial charge in [-0.05, 0) is 48.5 Å². The summed E-state index contributed by atoms with van der Waals surface area (Å²) in [5, 5.41) is 14.6. The van der Waals surface area contributed by atoms with Gasteiger partial charge in [0.25, 0.3) is 0 Å². The molecule has 0 aliphatic carbocycles. The highest BCUT2D eigenvalue weighted by atomic mass is 16.5. The monoisotopic (exact) mass is 537 g/mol. The number of fused-ring (bicyclic) bond motifs is 2. The van der Waals surface area contributed by atoms with Crippen LogP contribution in [-0.4, -0.2) is 82.8 Å².